The van der Waals surface area contributed by atoms with Crippen LogP contribution in [0.2, 0.25) is 0 Å². The third-order valence-corrected chi connectivity index (χ3v) is 3.79. The summed E-state index contributed by atoms with van der Waals surface area (Å²) in [6, 6.07) is 4.90. The Balaban J connectivity index is 1.94. The summed E-state index contributed by atoms with van der Waals surface area (Å²) in [7, 11) is 0. The molecule has 6 heteroatoms. The molecule has 1 aliphatic carbocycles. The van der Waals surface area contributed by atoms with E-state index >= 15 is 0 Å². The van der Waals surface area contributed by atoms with Crippen LogP contribution in [0, 0.1) is 5.92 Å². The molecule has 108 valence electrons. The number of carbonyl (C=O) groups excluding carboxylic acids is 2. The molecule has 1 aliphatic rings. The van der Waals surface area contributed by atoms with E-state index in [9.17, 15) is 9.59 Å². The Morgan fingerprint density at radius 3 is 2.30 bits per heavy atom. The van der Waals surface area contributed by atoms with Crippen LogP contribution in [0.5, 0.6) is 0 Å². The summed E-state index contributed by atoms with van der Waals surface area (Å²) in [5.41, 5.74) is 18.0. The summed E-state index contributed by atoms with van der Waals surface area (Å²) in [5, 5.41) is 2.94. The number of amides is 2. The first-order valence-electron chi connectivity index (χ1n) is 6.72. The van der Waals surface area contributed by atoms with Crippen molar-refractivity contribution in [1.82, 2.24) is 5.32 Å². The molecule has 20 heavy (non-hydrogen) atoms. The van der Waals surface area contributed by atoms with Gasteiger partial charge in [-0.25, -0.2) is 0 Å². The lowest BCUT2D eigenvalue weighted by Crippen LogP contribution is -2.40. The van der Waals surface area contributed by atoms with Gasteiger partial charge in [0.1, 0.15) is 0 Å². The SMILES string of the molecule is NC(=O)C1CCC(NC(=O)c2ccc(N)cc2N)CC1. The molecule has 0 unspecified atom stereocenters. The summed E-state index contributed by atoms with van der Waals surface area (Å²) in [6.45, 7) is 0. The van der Waals surface area contributed by atoms with Gasteiger partial charge in [-0.1, -0.05) is 0 Å². The van der Waals surface area contributed by atoms with Crippen molar-refractivity contribution < 1.29 is 9.59 Å². The number of nitrogens with two attached hydrogens (primary N) is 3. The Hall–Kier alpha value is -2.24. The maximum Gasteiger partial charge on any atom is 0.253 e. The lowest BCUT2D eigenvalue weighted by molar-refractivity contribution is -0.122. The zero-order valence-electron chi connectivity index (χ0n) is 11.3. The van der Waals surface area contributed by atoms with Gasteiger partial charge in [-0.15, -0.1) is 0 Å². The van der Waals surface area contributed by atoms with Gasteiger partial charge in [-0.3, -0.25) is 9.59 Å². The second kappa shape index (κ2) is 5.81. The van der Waals surface area contributed by atoms with Crippen LogP contribution in [-0.2, 0) is 4.79 Å². The quantitative estimate of drug-likeness (QED) is 0.604. The second-order valence-electron chi connectivity index (χ2n) is 5.27. The fourth-order valence-electron chi connectivity index (χ4n) is 2.57. The Labute approximate surface area is 117 Å². The standard InChI is InChI=1S/C14H20N4O2/c15-9-3-6-11(12(16)7-9)14(20)18-10-4-1-8(2-5-10)13(17)19/h3,6-8,10H,1-2,4-5,15-16H2,(H2,17,19)(H,18,20). The summed E-state index contributed by atoms with van der Waals surface area (Å²) in [5.74, 6) is -0.521. The van der Waals surface area contributed by atoms with Crippen LogP contribution < -0.4 is 22.5 Å². The highest BCUT2D eigenvalue weighted by atomic mass is 16.2. The van der Waals surface area contributed by atoms with Crippen molar-refractivity contribution in [1.29, 1.82) is 0 Å². The minimum atomic E-state index is -0.252. The summed E-state index contributed by atoms with van der Waals surface area (Å²) >= 11 is 0. The van der Waals surface area contributed by atoms with E-state index in [1.807, 2.05) is 0 Å². The third-order valence-electron chi connectivity index (χ3n) is 3.79. The van der Waals surface area contributed by atoms with E-state index in [1.54, 1.807) is 18.2 Å². The number of benzene rings is 1. The molecule has 1 aromatic carbocycles. The van der Waals surface area contributed by atoms with Gasteiger partial charge in [0.15, 0.2) is 0 Å². The molecule has 0 saturated heterocycles. The van der Waals surface area contributed by atoms with Gasteiger partial charge in [-0.05, 0) is 43.9 Å². The molecule has 1 fully saturated rings. The Kier molecular flexibility index (Phi) is 4.12. The first-order valence-corrected chi connectivity index (χ1v) is 6.72. The molecule has 6 nitrogen and oxygen atoms in total. The highest BCUT2D eigenvalue weighted by Crippen LogP contribution is 2.24. The van der Waals surface area contributed by atoms with E-state index in [0.29, 0.717) is 16.9 Å². The van der Waals surface area contributed by atoms with Gasteiger partial charge in [-0.2, -0.15) is 0 Å². The van der Waals surface area contributed by atoms with Crippen LogP contribution in [0.4, 0.5) is 11.4 Å². The second-order valence-corrected chi connectivity index (χ2v) is 5.27. The summed E-state index contributed by atoms with van der Waals surface area (Å²) < 4.78 is 0. The van der Waals surface area contributed by atoms with Crippen LogP contribution in [0.1, 0.15) is 36.0 Å². The van der Waals surface area contributed by atoms with Crippen molar-refractivity contribution in [3.8, 4) is 0 Å². The van der Waals surface area contributed by atoms with Crippen LogP contribution in [0.25, 0.3) is 0 Å². The highest BCUT2D eigenvalue weighted by Gasteiger charge is 2.26. The minimum Gasteiger partial charge on any atom is -0.399 e. The number of hydrogen-bond donors (Lipinski definition) is 4. The highest BCUT2D eigenvalue weighted by molar-refractivity contribution is 5.99. The van der Waals surface area contributed by atoms with Crippen molar-refractivity contribution >= 4 is 23.2 Å². The lowest BCUT2D eigenvalue weighted by Gasteiger charge is -2.27. The Morgan fingerprint density at radius 2 is 1.75 bits per heavy atom. The van der Waals surface area contributed by atoms with E-state index in [0.717, 1.165) is 25.7 Å². The average Bonchev–Trinajstić information content (AvgIpc) is 2.39. The number of nitrogens with one attached hydrogen (secondary N) is 1. The molecule has 0 spiro atoms. The van der Waals surface area contributed by atoms with Gasteiger partial charge in [0.2, 0.25) is 5.91 Å². The topological polar surface area (TPSA) is 124 Å². The normalized spacial score (nSPS) is 22.2. The molecule has 0 heterocycles. The molecular formula is C14H20N4O2. The van der Waals surface area contributed by atoms with Crippen LogP contribution >= 0.6 is 0 Å². The monoisotopic (exact) mass is 276 g/mol. The van der Waals surface area contributed by atoms with E-state index in [4.69, 9.17) is 17.2 Å². The molecule has 0 radical (unpaired) electrons. The first kappa shape index (κ1) is 14.2. The van der Waals surface area contributed by atoms with Gasteiger partial charge < -0.3 is 22.5 Å². The van der Waals surface area contributed by atoms with Gasteiger partial charge >= 0.3 is 0 Å². The number of hydrogen-bond acceptors (Lipinski definition) is 4. The zero-order valence-corrected chi connectivity index (χ0v) is 11.3. The van der Waals surface area contributed by atoms with Crippen LogP contribution in [0.15, 0.2) is 18.2 Å². The number of rotatable bonds is 3. The van der Waals surface area contributed by atoms with E-state index < -0.39 is 0 Å². The molecule has 0 aliphatic heterocycles. The van der Waals surface area contributed by atoms with Crippen molar-refractivity contribution in [2.75, 3.05) is 11.5 Å². The zero-order chi connectivity index (χ0) is 14.7. The van der Waals surface area contributed by atoms with Crippen LogP contribution in [0.3, 0.4) is 0 Å². The smallest absolute Gasteiger partial charge is 0.253 e. The van der Waals surface area contributed by atoms with Crippen LogP contribution in [-0.4, -0.2) is 17.9 Å². The Morgan fingerprint density at radius 1 is 1.10 bits per heavy atom. The number of primary amides is 1. The average molecular weight is 276 g/mol. The van der Waals surface area contributed by atoms with E-state index in [2.05, 4.69) is 5.32 Å². The summed E-state index contributed by atoms with van der Waals surface area (Å²) in [6.07, 6.45) is 2.96. The molecule has 0 bridgehead atoms. The van der Waals surface area contributed by atoms with E-state index in [-0.39, 0.29) is 23.8 Å². The molecule has 2 amide bonds. The molecule has 7 N–H and O–H groups in total. The lowest BCUT2D eigenvalue weighted by atomic mass is 9.85. The molecule has 2 rings (SSSR count). The largest absolute Gasteiger partial charge is 0.399 e. The fourth-order valence-corrected chi connectivity index (χ4v) is 2.57. The minimum absolute atomic E-state index is 0.0649. The number of carbonyl (C=O) groups is 2. The predicted octanol–water partition coefficient (Wildman–Crippen LogP) is 0.625. The maximum atomic E-state index is 12.1. The predicted molar refractivity (Wildman–Crippen MR) is 77.7 cm³/mol. The molecule has 1 saturated carbocycles. The van der Waals surface area contributed by atoms with Gasteiger partial charge in [0, 0.05) is 23.3 Å². The van der Waals surface area contributed by atoms with Crippen molar-refractivity contribution in [3.63, 3.8) is 0 Å². The number of nitrogen functional groups attached to an aromatic ring is 2. The van der Waals surface area contributed by atoms with Gasteiger partial charge in [0.25, 0.3) is 5.91 Å². The van der Waals surface area contributed by atoms with Crippen molar-refractivity contribution in [2.24, 2.45) is 11.7 Å². The molecule has 0 atom stereocenters. The van der Waals surface area contributed by atoms with Gasteiger partial charge in [0.05, 0.1) is 5.56 Å². The molecule has 1 aromatic rings. The molecular weight excluding hydrogens is 256 g/mol. The third kappa shape index (κ3) is 3.20. The Bertz CT molecular complexity index is 522. The summed E-state index contributed by atoms with van der Waals surface area (Å²) in [4.78, 5) is 23.2. The van der Waals surface area contributed by atoms with Crippen molar-refractivity contribution in [3.05, 3.63) is 23.8 Å². The fraction of sp³-hybridized carbons (Fsp3) is 0.429. The van der Waals surface area contributed by atoms with E-state index in [1.165, 1.54) is 0 Å². The maximum absolute atomic E-state index is 12.1. The number of anilines is 2. The van der Waals surface area contributed by atoms with Crippen molar-refractivity contribution in [2.45, 2.75) is 31.7 Å². The molecule has 0 aromatic heterocycles. The first-order chi connectivity index (χ1) is 9.47.